The summed E-state index contributed by atoms with van der Waals surface area (Å²) in [6.45, 7) is 19.3. The molecule has 3 fully saturated rings. The predicted molar refractivity (Wildman–Crippen MR) is 139 cm³/mol. The average molecular weight is 457 g/mol. The van der Waals surface area contributed by atoms with Crippen LogP contribution in [0.5, 0.6) is 0 Å². The van der Waals surface area contributed by atoms with Gasteiger partial charge in [0.05, 0.1) is 11.7 Å². The predicted octanol–water partition coefficient (Wildman–Crippen LogP) is 7.96. The Balaban J connectivity index is 1.59. The highest BCUT2D eigenvalue weighted by atomic mass is 16.5. The molecule has 0 saturated heterocycles. The van der Waals surface area contributed by atoms with Gasteiger partial charge in [0.15, 0.2) is 0 Å². The SMILES string of the molecule is COC(C)(C)/C=C/C[C@H](C)[C@@H]1CC[C@]2(C)C3=CC[C@H]4C(C)(C)[C@@H](O)CC[C@]4(C)[C@@H]3CC[C@@]12C. The molecule has 0 aromatic rings. The molecule has 0 spiro atoms. The minimum atomic E-state index is -0.174. The van der Waals surface area contributed by atoms with Gasteiger partial charge in [-0.3, -0.25) is 0 Å². The van der Waals surface area contributed by atoms with Gasteiger partial charge in [0.25, 0.3) is 0 Å². The summed E-state index contributed by atoms with van der Waals surface area (Å²) in [6.07, 6.45) is 17.0. The number of ether oxygens (including phenoxy) is 1. The van der Waals surface area contributed by atoms with Crippen molar-refractivity contribution in [2.45, 2.75) is 118 Å². The van der Waals surface area contributed by atoms with Crippen molar-refractivity contribution < 1.29 is 9.84 Å². The molecule has 2 nitrogen and oxygen atoms in total. The van der Waals surface area contributed by atoms with Gasteiger partial charge in [0, 0.05) is 7.11 Å². The maximum absolute atomic E-state index is 10.8. The Morgan fingerprint density at radius 2 is 1.79 bits per heavy atom. The Kier molecular flexibility index (Phi) is 6.35. The summed E-state index contributed by atoms with van der Waals surface area (Å²) in [5.74, 6) is 2.79. The number of aliphatic hydroxyl groups excluding tert-OH is 1. The van der Waals surface area contributed by atoms with Crippen LogP contribution in [0.4, 0.5) is 0 Å². The van der Waals surface area contributed by atoms with Crippen molar-refractivity contribution in [1.82, 2.24) is 0 Å². The van der Waals surface area contributed by atoms with Crippen LogP contribution < -0.4 is 0 Å². The lowest BCUT2D eigenvalue weighted by Crippen LogP contribution is -2.58. The van der Waals surface area contributed by atoms with Crippen LogP contribution in [0.3, 0.4) is 0 Å². The van der Waals surface area contributed by atoms with Gasteiger partial charge in [-0.05, 0) is 111 Å². The number of methoxy groups -OCH3 is 1. The van der Waals surface area contributed by atoms with Gasteiger partial charge in [0.1, 0.15) is 0 Å². The fraction of sp³-hybridized carbons (Fsp3) is 0.871. The molecule has 0 radical (unpaired) electrons. The molecule has 8 atom stereocenters. The maximum atomic E-state index is 10.8. The third kappa shape index (κ3) is 3.72. The lowest BCUT2D eigenvalue weighted by Gasteiger charge is -2.64. The minimum Gasteiger partial charge on any atom is -0.393 e. The van der Waals surface area contributed by atoms with Gasteiger partial charge in [-0.15, -0.1) is 0 Å². The van der Waals surface area contributed by atoms with E-state index in [9.17, 15) is 5.11 Å². The second kappa shape index (κ2) is 8.22. The summed E-state index contributed by atoms with van der Waals surface area (Å²) < 4.78 is 5.59. The van der Waals surface area contributed by atoms with E-state index in [4.69, 9.17) is 4.74 Å². The van der Waals surface area contributed by atoms with Crippen LogP contribution in [0.1, 0.15) is 107 Å². The van der Waals surface area contributed by atoms with Crippen molar-refractivity contribution in [1.29, 1.82) is 0 Å². The molecule has 4 aliphatic rings. The Hall–Kier alpha value is -0.600. The molecule has 1 N–H and O–H groups in total. The Morgan fingerprint density at radius 1 is 1.09 bits per heavy atom. The molecular weight excluding hydrogens is 404 g/mol. The van der Waals surface area contributed by atoms with Crippen LogP contribution in [0.15, 0.2) is 23.8 Å². The first-order valence-corrected chi connectivity index (χ1v) is 13.8. The fourth-order valence-electron chi connectivity index (χ4n) is 9.45. The monoisotopic (exact) mass is 456 g/mol. The number of hydrogen-bond donors (Lipinski definition) is 1. The van der Waals surface area contributed by atoms with E-state index < -0.39 is 0 Å². The van der Waals surface area contributed by atoms with Gasteiger partial charge in [-0.2, -0.15) is 0 Å². The molecule has 2 heteroatoms. The number of rotatable bonds is 5. The standard InChI is InChI=1S/C31H52O2/c1-21(11-10-17-27(2,3)33-9)22-14-19-31(8)24-12-13-25-28(4,5)26(32)16-18-29(25,6)23(24)15-20-30(22,31)7/h10,12,17,21-23,25-26,32H,11,13-16,18-20H2,1-9H3/b17-10+/t21-,22-,23+,25-,26-,29+,30-,31+/m0/s1. The van der Waals surface area contributed by atoms with Crippen LogP contribution in [0, 0.1) is 45.3 Å². The largest absolute Gasteiger partial charge is 0.393 e. The number of allylic oxidation sites excluding steroid dienone is 3. The van der Waals surface area contributed by atoms with Crippen molar-refractivity contribution in [3.63, 3.8) is 0 Å². The molecule has 0 aromatic heterocycles. The molecule has 0 bridgehead atoms. The molecule has 0 amide bonds. The van der Waals surface area contributed by atoms with E-state index in [1.807, 2.05) is 5.57 Å². The molecule has 188 valence electrons. The lowest BCUT2D eigenvalue weighted by molar-refractivity contribution is -0.131. The smallest absolute Gasteiger partial charge is 0.0802 e. The first-order valence-electron chi connectivity index (χ1n) is 13.8. The maximum Gasteiger partial charge on any atom is 0.0802 e. The van der Waals surface area contributed by atoms with Gasteiger partial charge < -0.3 is 9.84 Å². The quantitative estimate of drug-likeness (QED) is 0.425. The summed E-state index contributed by atoms with van der Waals surface area (Å²) in [5, 5.41) is 10.8. The minimum absolute atomic E-state index is 0.0196. The van der Waals surface area contributed by atoms with E-state index >= 15 is 0 Å². The number of fused-ring (bicyclic) bond motifs is 5. The molecule has 0 aromatic carbocycles. The van der Waals surface area contributed by atoms with Crippen LogP contribution >= 0.6 is 0 Å². The van der Waals surface area contributed by atoms with E-state index in [0.29, 0.717) is 34.0 Å². The zero-order valence-corrected chi connectivity index (χ0v) is 23.1. The van der Waals surface area contributed by atoms with Crippen LogP contribution in [0.25, 0.3) is 0 Å². The highest BCUT2D eigenvalue weighted by Crippen LogP contribution is 2.73. The second-order valence-electron chi connectivity index (χ2n) is 14.2. The van der Waals surface area contributed by atoms with Gasteiger partial charge >= 0.3 is 0 Å². The second-order valence-corrected chi connectivity index (χ2v) is 14.2. The number of hydrogen-bond acceptors (Lipinski definition) is 2. The topological polar surface area (TPSA) is 29.5 Å². The van der Waals surface area contributed by atoms with E-state index in [2.05, 4.69) is 73.6 Å². The molecule has 4 rings (SSSR count). The van der Waals surface area contributed by atoms with Crippen molar-refractivity contribution in [3.8, 4) is 0 Å². The third-order valence-corrected chi connectivity index (χ3v) is 12.1. The van der Waals surface area contributed by atoms with E-state index in [1.54, 1.807) is 7.11 Å². The van der Waals surface area contributed by atoms with Crippen molar-refractivity contribution in [2.24, 2.45) is 45.3 Å². The zero-order chi connectivity index (χ0) is 24.4. The third-order valence-electron chi connectivity index (χ3n) is 12.1. The summed E-state index contributed by atoms with van der Waals surface area (Å²) >= 11 is 0. The van der Waals surface area contributed by atoms with Gasteiger partial charge in [-0.1, -0.05) is 65.3 Å². The van der Waals surface area contributed by atoms with E-state index in [1.165, 1.54) is 32.1 Å². The summed E-state index contributed by atoms with van der Waals surface area (Å²) in [5.41, 5.74) is 2.73. The van der Waals surface area contributed by atoms with Crippen molar-refractivity contribution in [2.75, 3.05) is 7.11 Å². The zero-order valence-electron chi connectivity index (χ0n) is 23.1. The van der Waals surface area contributed by atoms with Crippen LogP contribution in [-0.4, -0.2) is 23.9 Å². The highest BCUT2D eigenvalue weighted by Gasteiger charge is 2.65. The molecule has 3 saturated carbocycles. The molecule has 0 aliphatic heterocycles. The molecule has 0 heterocycles. The van der Waals surface area contributed by atoms with Crippen molar-refractivity contribution >= 4 is 0 Å². The summed E-state index contributed by atoms with van der Waals surface area (Å²) in [7, 11) is 1.80. The first kappa shape index (κ1) is 25.5. The summed E-state index contributed by atoms with van der Waals surface area (Å²) in [4.78, 5) is 0. The summed E-state index contributed by atoms with van der Waals surface area (Å²) in [6, 6.07) is 0. The Morgan fingerprint density at radius 3 is 2.45 bits per heavy atom. The lowest BCUT2D eigenvalue weighted by atomic mass is 9.41. The molecule has 33 heavy (non-hydrogen) atoms. The normalized spacial score (nSPS) is 45.8. The number of aliphatic hydroxyl groups is 1. The van der Waals surface area contributed by atoms with Crippen molar-refractivity contribution in [3.05, 3.63) is 23.8 Å². The Bertz CT molecular complexity index is 806. The van der Waals surface area contributed by atoms with Gasteiger partial charge in [-0.25, -0.2) is 0 Å². The highest BCUT2D eigenvalue weighted by molar-refractivity contribution is 5.33. The van der Waals surface area contributed by atoms with E-state index in [-0.39, 0.29) is 17.1 Å². The molecule has 4 aliphatic carbocycles. The molecule has 0 unspecified atom stereocenters. The Labute approximate surface area is 204 Å². The van der Waals surface area contributed by atoms with E-state index in [0.717, 1.165) is 25.2 Å². The fourth-order valence-corrected chi connectivity index (χ4v) is 9.45. The van der Waals surface area contributed by atoms with Gasteiger partial charge in [0.2, 0.25) is 0 Å². The molecular formula is C31H52O2. The van der Waals surface area contributed by atoms with Crippen LogP contribution in [0.2, 0.25) is 0 Å². The van der Waals surface area contributed by atoms with Crippen LogP contribution in [-0.2, 0) is 4.74 Å². The average Bonchev–Trinajstić information content (AvgIpc) is 3.02. The first-order chi connectivity index (χ1) is 15.2.